The van der Waals surface area contributed by atoms with E-state index in [9.17, 15) is 4.79 Å². The Balaban J connectivity index is 2.89. The molecule has 1 rings (SSSR count). The summed E-state index contributed by atoms with van der Waals surface area (Å²) in [6.45, 7) is 8.01. The summed E-state index contributed by atoms with van der Waals surface area (Å²) >= 11 is 0. The van der Waals surface area contributed by atoms with Crippen LogP contribution in [0, 0.1) is 25.7 Å². The number of carboxylic acids is 1. The summed E-state index contributed by atoms with van der Waals surface area (Å²) in [5.41, 5.74) is 3.52. The van der Waals surface area contributed by atoms with Gasteiger partial charge in [0.25, 0.3) is 0 Å². The van der Waals surface area contributed by atoms with Crippen LogP contribution in [0.1, 0.15) is 30.5 Å². The molecule has 1 atom stereocenters. The first kappa shape index (κ1) is 12.8. The molecular weight excluding hydrogens is 200 g/mol. The molecule has 1 aromatic rings. The highest BCUT2D eigenvalue weighted by Gasteiger charge is 2.21. The number of aryl methyl sites for hydroxylation is 2. The zero-order valence-corrected chi connectivity index (χ0v) is 10.4. The van der Waals surface area contributed by atoms with E-state index in [1.807, 2.05) is 27.7 Å². The van der Waals surface area contributed by atoms with E-state index in [-0.39, 0.29) is 11.8 Å². The Hall–Kier alpha value is -1.31. The zero-order chi connectivity index (χ0) is 12.3. The van der Waals surface area contributed by atoms with Crippen molar-refractivity contribution in [2.45, 2.75) is 34.1 Å². The fourth-order valence-corrected chi connectivity index (χ4v) is 2.05. The summed E-state index contributed by atoms with van der Waals surface area (Å²) in [5.74, 6) is -0.825. The van der Waals surface area contributed by atoms with Crippen LogP contribution in [0.4, 0.5) is 0 Å². The molecule has 0 amide bonds. The van der Waals surface area contributed by atoms with Gasteiger partial charge in [0, 0.05) is 0 Å². The molecule has 2 heteroatoms. The zero-order valence-electron chi connectivity index (χ0n) is 10.4. The Morgan fingerprint density at radius 3 is 2.06 bits per heavy atom. The minimum atomic E-state index is -0.700. The topological polar surface area (TPSA) is 37.3 Å². The molecule has 16 heavy (non-hydrogen) atoms. The van der Waals surface area contributed by atoms with E-state index in [4.69, 9.17) is 5.11 Å². The molecule has 0 fully saturated rings. The lowest BCUT2D eigenvalue weighted by atomic mass is 9.88. The third-order valence-corrected chi connectivity index (χ3v) is 2.86. The van der Waals surface area contributed by atoms with Gasteiger partial charge in [-0.25, -0.2) is 0 Å². The van der Waals surface area contributed by atoms with Gasteiger partial charge in [-0.05, 0) is 31.7 Å². The second-order valence-electron chi connectivity index (χ2n) is 4.89. The van der Waals surface area contributed by atoms with Gasteiger partial charge in [-0.2, -0.15) is 0 Å². The van der Waals surface area contributed by atoms with Crippen LogP contribution in [0.3, 0.4) is 0 Å². The first-order valence-corrected chi connectivity index (χ1v) is 5.70. The molecule has 0 aromatic heterocycles. The van der Waals surface area contributed by atoms with Crippen LogP contribution in [0.25, 0.3) is 0 Å². The lowest BCUT2D eigenvalue weighted by Gasteiger charge is -2.16. The van der Waals surface area contributed by atoms with Gasteiger partial charge in [-0.3, -0.25) is 4.79 Å². The lowest BCUT2D eigenvalue weighted by Crippen LogP contribution is -2.22. The molecular formula is C14H20O2. The first-order chi connectivity index (χ1) is 7.40. The van der Waals surface area contributed by atoms with Crippen molar-refractivity contribution >= 4 is 5.97 Å². The summed E-state index contributed by atoms with van der Waals surface area (Å²) in [5, 5.41) is 9.14. The van der Waals surface area contributed by atoms with Gasteiger partial charge in [0.15, 0.2) is 0 Å². The van der Waals surface area contributed by atoms with Crippen LogP contribution in [-0.2, 0) is 11.2 Å². The highest BCUT2D eigenvalue weighted by Crippen LogP contribution is 2.19. The Morgan fingerprint density at radius 2 is 1.69 bits per heavy atom. The molecule has 88 valence electrons. The van der Waals surface area contributed by atoms with Gasteiger partial charge in [0.2, 0.25) is 0 Å². The van der Waals surface area contributed by atoms with Crippen LogP contribution in [-0.4, -0.2) is 11.1 Å². The molecule has 0 saturated heterocycles. The normalized spacial score (nSPS) is 12.8. The van der Waals surface area contributed by atoms with Gasteiger partial charge in [-0.1, -0.05) is 43.2 Å². The van der Waals surface area contributed by atoms with Gasteiger partial charge >= 0.3 is 5.97 Å². The Kier molecular flexibility index (Phi) is 4.11. The van der Waals surface area contributed by atoms with Crippen LogP contribution in [0.5, 0.6) is 0 Å². The predicted octanol–water partition coefficient (Wildman–Crippen LogP) is 3.20. The second-order valence-corrected chi connectivity index (χ2v) is 4.89. The van der Waals surface area contributed by atoms with Crippen LogP contribution in [0.15, 0.2) is 18.2 Å². The molecule has 1 N–H and O–H groups in total. The minimum absolute atomic E-state index is 0.165. The molecule has 2 nitrogen and oxygen atoms in total. The number of carboxylic acid groups (broad SMARTS) is 1. The monoisotopic (exact) mass is 220 g/mol. The standard InChI is InChI=1S/C14H20O2/c1-9(2)13(14(15)16)8-12-6-10(3)5-11(4)7-12/h5-7,9,13H,8H2,1-4H3,(H,15,16). The van der Waals surface area contributed by atoms with E-state index in [0.717, 1.165) is 5.56 Å². The molecule has 0 aliphatic heterocycles. The second kappa shape index (κ2) is 5.15. The molecule has 1 aromatic carbocycles. The molecule has 0 aliphatic rings. The van der Waals surface area contributed by atoms with E-state index in [2.05, 4.69) is 18.2 Å². The van der Waals surface area contributed by atoms with Crippen LogP contribution < -0.4 is 0 Å². The molecule has 1 unspecified atom stereocenters. The molecule has 0 heterocycles. The van der Waals surface area contributed by atoms with Crippen LogP contribution >= 0.6 is 0 Å². The van der Waals surface area contributed by atoms with Crippen molar-refractivity contribution < 1.29 is 9.90 Å². The van der Waals surface area contributed by atoms with E-state index in [1.165, 1.54) is 11.1 Å². The Labute approximate surface area is 97.3 Å². The molecule has 0 saturated carbocycles. The van der Waals surface area contributed by atoms with Crippen molar-refractivity contribution in [1.82, 2.24) is 0 Å². The van der Waals surface area contributed by atoms with Gasteiger partial charge in [-0.15, -0.1) is 0 Å². The fraction of sp³-hybridized carbons (Fsp3) is 0.500. The summed E-state index contributed by atoms with van der Waals surface area (Å²) in [6.07, 6.45) is 0.621. The maximum absolute atomic E-state index is 11.1. The van der Waals surface area contributed by atoms with E-state index in [0.29, 0.717) is 6.42 Å². The van der Waals surface area contributed by atoms with Crippen molar-refractivity contribution in [3.63, 3.8) is 0 Å². The van der Waals surface area contributed by atoms with Crippen molar-refractivity contribution in [2.24, 2.45) is 11.8 Å². The van der Waals surface area contributed by atoms with E-state index in [1.54, 1.807) is 0 Å². The summed E-state index contributed by atoms with van der Waals surface area (Å²) < 4.78 is 0. The number of hydrogen-bond donors (Lipinski definition) is 1. The average molecular weight is 220 g/mol. The van der Waals surface area contributed by atoms with E-state index < -0.39 is 5.97 Å². The smallest absolute Gasteiger partial charge is 0.307 e. The van der Waals surface area contributed by atoms with Gasteiger partial charge in [0.1, 0.15) is 0 Å². The van der Waals surface area contributed by atoms with Gasteiger partial charge in [0.05, 0.1) is 5.92 Å². The number of rotatable bonds is 4. The Morgan fingerprint density at radius 1 is 1.19 bits per heavy atom. The first-order valence-electron chi connectivity index (χ1n) is 5.70. The maximum Gasteiger partial charge on any atom is 0.307 e. The van der Waals surface area contributed by atoms with Gasteiger partial charge < -0.3 is 5.11 Å². The highest BCUT2D eigenvalue weighted by molar-refractivity contribution is 5.70. The third-order valence-electron chi connectivity index (χ3n) is 2.86. The fourth-order valence-electron chi connectivity index (χ4n) is 2.05. The van der Waals surface area contributed by atoms with Crippen molar-refractivity contribution in [1.29, 1.82) is 0 Å². The molecule has 0 spiro atoms. The molecule has 0 bridgehead atoms. The van der Waals surface area contributed by atoms with Crippen molar-refractivity contribution in [3.8, 4) is 0 Å². The quantitative estimate of drug-likeness (QED) is 0.846. The average Bonchev–Trinajstić information content (AvgIpc) is 2.11. The van der Waals surface area contributed by atoms with E-state index >= 15 is 0 Å². The highest BCUT2D eigenvalue weighted by atomic mass is 16.4. The third kappa shape index (κ3) is 3.37. The van der Waals surface area contributed by atoms with Crippen LogP contribution in [0.2, 0.25) is 0 Å². The predicted molar refractivity (Wildman–Crippen MR) is 65.6 cm³/mol. The number of hydrogen-bond acceptors (Lipinski definition) is 1. The van der Waals surface area contributed by atoms with Crippen molar-refractivity contribution in [3.05, 3.63) is 34.9 Å². The minimum Gasteiger partial charge on any atom is -0.481 e. The SMILES string of the molecule is Cc1cc(C)cc(CC(C(=O)O)C(C)C)c1. The number of benzene rings is 1. The number of aliphatic carboxylic acids is 1. The lowest BCUT2D eigenvalue weighted by molar-refractivity contribution is -0.143. The number of carbonyl (C=O) groups is 1. The Bertz CT molecular complexity index is 360. The molecule has 0 aliphatic carbocycles. The largest absolute Gasteiger partial charge is 0.481 e. The molecule has 0 radical (unpaired) electrons. The summed E-state index contributed by atoms with van der Waals surface area (Å²) in [7, 11) is 0. The summed E-state index contributed by atoms with van der Waals surface area (Å²) in [6, 6.07) is 6.26. The summed E-state index contributed by atoms with van der Waals surface area (Å²) in [4.78, 5) is 11.1. The maximum atomic E-state index is 11.1. The van der Waals surface area contributed by atoms with Crippen molar-refractivity contribution in [2.75, 3.05) is 0 Å².